The van der Waals surface area contributed by atoms with Crippen molar-refractivity contribution in [2.45, 2.75) is 115 Å². The summed E-state index contributed by atoms with van der Waals surface area (Å²) in [6, 6.07) is 5.53. The maximum Gasteiger partial charge on any atom is 0.408 e. The number of benzene rings is 1. The number of likely N-dealkylation sites (N-methyl/N-ethyl adjacent to an activating group) is 1. The highest BCUT2D eigenvalue weighted by Crippen LogP contribution is 2.49. The van der Waals surface area contributed by atoms with E-state index < -0.39 is 84.5 Å². The van der Waals surface area contributed by atoms with Crippen molar-refractivity contribution < 1.29 is 45.5 Å². The minimum absolute atomic E-state index is 0.00257. The average Bonchev–Trinajstić information content (AvgIpc) is 3.73. The van der Waals surface area contributed by atoms with E-state index in [2.05, 4.69) is 10.6 Å². The van der Waals surface area contributed by atoms with Crippen molar-refractivity contribution in [3.63, 3.8) is 0 Å². The monoisotopic (exact) mass is 856 g/mol. The third-order valence-electron chi connectivity index (χ3n) is 12.6. The Hall–Kier alpha value is -4.29. The van der Waals surface area contributed by atoms with Gasteiger partial charge < -0.3 is 25.0 Å². The van der Waals surface area contributed by atoms with Crippen molar-refractivity contribution in [3.05, 3.63) is 47.7 Å². The van der Waals surface area contributed by atoms with E-state index in [1.807, 2.05) is 64.1 Å². The number of allylic oxidation sites excluding steroid dienone is 1. The second-order valence-electron chi connectivity index (χ2n) is 18.0. The number of nitrogens with zero attached hydrogens (tertiary/aromatic N) is 4. The van der Waals surface area contributed by atoms with Gasteiger partial charge in [-0.2, -0.15) is 0 Å². The Morgan fingerprint density at radius 1 is 1.15 bits per heavy atom. The number of aryl methyl sites for hydroxylation is 2. The molecule has 5 aliphatic rings. The van der Waals surface area contributed by atoms with E-state index in [0.717, 1.165) is 37.8 Å². The first-order valence-electron chi connectivity index (χ1n) is 20.4. The van der Waals surface area contributed by atoms with E-state index in [1.54, 1.807) is 0 Å². The highest BCUT2D eigenvalue weighted by atomic mass is 32.2. The van der Waals surface area contributed by atoms with Gasteiger partial charge in [0.15, 0.2) is 0 Å². The number of pyridine rings is 1. The molecule has 1 saturated carbocycles. The minimum atomic E-state index is -3.78. The number of aromatic nitrogens is 1. The van der Waals surface area contributed by atoms with Crippen molar-refractivity contribution in [1.29, 1.82) is 0 Å². The van der Waals surface area contributed by atoms with E-state index in [-0.39, 0.29) is 44.6 Å². The van der Waals surface area contributed by atoms with Crippen molar-refractivity contribution in [2.75, 3.05) is 38.7 Å². The molecule has 1 aromatic heterocycles. The predicted molar refractivity (Wildman–Crippen MR) is 219 cm³/mol. The summed E-state index contributed by atoms with van der Waals surface area (Å²) in [5.74, 6) is -1.82. The van der Waals surface area contributed by atoms with E-state index in [9.17, 15) is 36.0 Å². The molecule has 0 radical (unpaired) electrons. The highest BCUT2D eigenvalue weighted by molar-refractivity contribution is 7.91. The number of carbonyl (C=O) groups is 4. The Labute approximate surface area is 346 Å². The summed E-state index contributed by atoms with van der Waals surface area (Å²) in [4.78, 5) is 63.6. The molecular weight excluding hydrogens is 801 g/mol. The Balaban J connectivity index is 1.22. The summed E-state index contributed by atoms with van der Waals surface area (Å²) in [7, 11) is -5.97. The largest absolute Gasteiger partial charge is 0.483 e. The molecule has 1 aliphatic carbocycles. The van der Waals surface area contributed by atoms with Gasteiger partial charge in [0.2, 0.25) is 31.9 Å². The van der Waals surface area contributed by atoms with Crippen LogP contribution < -0.4 is 15.4 Å². The fourth-order valence-electron chi connectivity index (χ4n) is 8.79. The number of hydrogen-bond acceptors (Lipinski definition) is 11. The highest BCUT2D eigenvalue weighted by Gasteiger charge is 2.65. The number of nitrogens with one attached hydrogen (secondary N) is 2. The molecule has 7 rings (SSSR count). The van der Waals surface area contributed by atoms with Gasteiger partial charge in [0.25, 0.3) is 5.91 Å². The lowest BCUT2D eigenvalue weighted by molar-refractivity contribution is -0.142. The number of sulfonamides is 2. The summed E-state index contributed by atoms with van der Waals surface area (Å²) in [6.07, 6.45) is 7.34. The number of amides is 4. The number of hydrogen-bond donors (Lipinski definition) is 2. The van der Waals surface area contributed by atoms with Crippen LogP contribution in [0.15, 0.2) is 36.4 Å². The van der Waals surface area contributed by atoms with Crippen LogP contribution in [0.25, 0.3) is 10.9 Å². The maximum absolute atomic E-state index is 15.0. The molecule has 4 amide bonds. The Bertz CT molecular complexity index is 2300. The average molecular weight is 857 g/mol. The van der Waals surface area contributed by atoms with Gasteiger partial charge in [-0.3, -0.25) is 14.4 Å². The molecule has 59 heavy (non-hydrogen) atoms. The van der Waals surface area contributed by atoms with Gasteiger partial charge in [0.05, 0.1) is 42.9 Å². The molecule has 3 fully saturated rings. The number of alkyl carbamates (subject to hydrolysis) is 1. The van der Waals surface area contributed by atoms with Crippen molar-refractivity contribution >= 4 is 54.8 Å². The smallest absolute Gasteiger partial charge is 0.408 e. The SMILES string of the molecule is Cc1nc2ccccc2c2c1OC1(CC2)CC2C(=O)NC3(C(=O)N4CCS4(=O)=O)CC3C=CCCCCCC(NC(=O)OC(CN(C)S(C)(=O)=O)C(C)(C)C)C(=O)N2C1. The van der Waals surface area contributed by atoms with Gasteiger partial charge in [-0.1, -0.05) is 64.0 Å². The zero-order valence-electron chi connectivity index (χ0n) is 34.7. The second-order valence-corrected chi connectivity index (χ2v) is 22.1. The van der Waals surface area contributed by atoms with Crippen LogP contribution in [-0.2, 0) is 45.6 Å². The van der Waals surface area contributed by atoms with Crippen molar-refractivity contribution in [1.82, 2.24) is 29.1 Å². The van der Waals surface area contributed by atoms with Crippen LogP contribution in [0.1, 0.15) is 83.4 Å². The van der Waals surface area contributed by atoms with E-state index >= 15 is 0 Å². The Morgan fingerprint density at radius 3 is 2.58 bits per heavy atom. The molecular formula is C41H56N6O10S2. The molecule has 5 heterocycles. The topological polar surface area (TPSA) is 202 Å². The zero-order chi connectivity index (χ0) is 42.7. The molecule has 4 aliphatic heterocycles. The van der Waals surface area contributed by atoms with Gasteiger partial charge in [0.1, 0.15) is 35.1 Å². The number of carbonyl (C=O) groups excluding carboxylic acids is 4. The lowest BCUT2D eigenvalue weighted by Gasteiger charge is -2.37. The van der Waals surface area contributed by atoms with Crippen molar-refractivity contribution in [3.8, 4) is 5.75 Å². The van der Waals surface area contributed by atoms with Crippen LogP contribution in [0.2, 0.25) is 0 Å². The maximum atomic E-state index is 15.0. The van der Waals surface area contributed by atoms with Crippen LogP contribution in [0.3, 0.4) is 0 Å². The lowest BCUT2D eigenvalue weighted by atomic mass is 9.87. The molecule has 0 bridgehead atoms. The van der Waals surface area contributed by atoms with Crippen LogP contribution in [0, 0.1) is 18.3 Å². The number of ether oxygens (including phenoxy) is 2. The Kier molecular flexibility index (Phi) is 11.3. The predicted octanol–water partition coefficient (Wildman–Crippen LogP) is 3.18. The second kappa shape index (κ2) is 15.6. The summed E-state index contributed by atoms with van der Waals surface area (Å²) >= 11 is 0. The van der Waals surface area contributed by atoms with Crippen LogP contribution >= 0.6 is 0 Å². The van der Waals surface area contributed by atoms with Gasteiger partial charge in [0, 0.05) is 35.8 Å². The number of rotatable bonds is 6. The van der Waals surface area contributed by atoms with Crippen LogP contribution in [0.4, 0.5) is 4.79 Å². The molecule has 322 valence electrons. The summed E-state index contributed by atoms with van der Waals surface area (Å²) in [5, 5.41) is 6.68. The first-order chi connectivity index (χ1) is 27.6. The summed E-state index contributed by atoms with van der Waals surface area (Å²) in [5.41, 5.74) is -0.692. The molecule has 6 atom stereocenters. The molecule has 16 nitrogen and oxygen atoms in total. The molecule has 2 N–H and O–H groups in total. The van der Waals surface area contributed by atoms with Crippen LogP contribution in [-0.4, -0.2) is 127 Å². The van der Waals surface area contributed by atoms with E-state index in [0.29, 0.717) is 43.5 Å². The van der Waals surface area contributed by atoms with E-state index in [1.165, 1.54) is 11.9 Å². The number of fused-ring (bicyclic) bond motifs is 5. The molecule has 18 heteroatoms. The van der Waals surface area contributed by atoms with Gasteiger partial charge in [-0.05, 0) is 51.5 Å². The molecule has 2 aromatic rings. The standard InChI is InChI=1S/C41H56N6O10S2/c1-26-34-29(28-15-12-13-16-30(28)42-26)18-19-40(57-34)23-32-35(48)44-41(37(50)47-20-21-59(47,54)55)22-27(41)14-10-8-7-9-11-17-31(36(49)46(32)25-40)43-38(51)56-33(39(2,3)4)24-45(5)58(6,52)53/h10,12-16,27,31-33H,7-9,11,17-25H2,1-6H3,(H,43,51)(H,44,48). The van der Waals surface area contributed by atoms with Crippen LogP contribution in [0.5, 0.6) is 5.75 Å². The van der Waals surface area contributed by atoms with Gasteiger partial charge >= 0.3 is 6.09 Å². The normalized spacial score (nSPS) is 28.9. The third kappa shape index (κ3) is 8.54. The van der Waals surface area contributed by atoms with Gasteiger partial charge in [-0.25, -0.2) is 35.2 Å². The Morgan fingerprint density at radius 2 is 1.90 bits per heavy atom. The van der Waals surface area contributed by atoms with Crippen molar-refractivity contribution in [2.24, 2.45) is 11.3 Å². The fraction of sp³-hybridized carbons (Fsp3) is 0.634. The molecule has 2 saturated heterocycles. The first kappa shape index (κ1) is 42.8. The lowest BCUT2D eigenvalue weighted by Crippen LogP contribution is -2.62. The van der Waals surface area contributed by atoms with Gasteiger partial charge in [-0.15, -0.1) is 0 Å². The minimum Gasteiger partial charge on any atom is -0.483 e. The fourth-order valence-corrected chi connectivity index (χ4v) is 10.3. The first-order valence-corrected chi connectivity index (χ1v) is 23.9. The molecule has 6 unspecified atom stereocenters. The zero-order valence-corrected chi connectivity index (χ0v) is 36.3. The molecule has 1 spiro atoms. The summed E-state index contributed by atoms with van der Waals surface area (Å²) < 4.78 is 64.5. The molecule has 1 aromatic carbocycles. The van der Waals surface area contributed by atoms with E-state index in [4.69, 9.17) is 14.5 Å². The summed E-state index contributed by atoms with van der Waals surface area (Å²) in [6.45, 7) is 7.24. The number of para-hydroxylation sites is 1. The third-order valence-corrected chi connectivity index (χ3v) is 15.6. The quantitative estimate of drug-likeness (QED) is 0.405.